The maximum atomic E-state index is 13.8. The normalized spacial score (nSPS) is 9.95. The molecule has 0 fully saturated rings. The van der Waals surface area contributed by atoms with Crippen LogP contribution < -0.4 is 16.6 Å². The summed E-state index contributed by atoms with van der Waals surface area (Å²) in [6.45, 7) is 0. The van der Waals surface area contributed by atoms with Crippen LogP contribution in [0.4, 0.5) is 21.7 Å². The highest BCUT2D eigenvalue weighted by Crippen LogP contribution is 2.31. The first-order valence-corrected chi connectivity index (χ1v) is 6.10. The van der Waals surface area contributed by atoms with Gasteiger partial charge in [-0.3, -0.25) is 0 Å². The molecule has 0 saturated heterocycles. The molecule has 0 radical (unpaired) electrons. The zero-order valence-corrected chi connectivity index (χ0v) is 11.4. The van der Waals surface area contributed by atoms with Gasteiger partial charge in [0.05, 0.1) is 27.4 Å². The van der Waals surface area contributed by atoms with Crippen LogP contribution in [0.3, 0.4) is 0 Å². The first-order chi connectivity index (χ1) is 9.55. The van der Waals surface area contributed by atoms with Gasteiger partial charge in [0, 0.05) is 0 Å². The molecule has 1 aromatic carbocycles. The number of hydrogen-bond donors (Lipinski definition) is 3. The molecule has 0 aliphatic heterocycles. The molecule has 102 valence electrons. The van der Waals surface area contributed by atoms with E-state index in [1.807, 2.05) is 6.07 Å². The Labute approximate surface area is 124 Å². The van der Waals surface area contributed by atoms with E-state index in [2.05, 4.69) is 15.7 Å². The summed E-state index contributed by atoms with van der Waals surface area (Å²) in [5, 5.41) is 11.8. The van der Waals surface area contributed by atoms with Gasteiger partial charge in [-0.25, -0.2) is 15.2 Å². The third-order valence-electron chi connectivity index (χ3n) is 2.42. The van der Waals surface area contributed by atoms with Crippen molar-refractivity contribution in [2.75, 3.05) is 10.7 Å². The SMILES string of the molecule is N#Cc1ccc(Nc2nc(NN)c(Cl)cc2Cl)c(F)c1. The zero-order valence-electron chi connectivity index (χ0n) is 9.92. The minimum Gasteiger partial charge on any atom is -0.337 e. The van der Waals surface area contributed by atoms with Crippen molar-refractivity contribution in [1.82, 2.24) is 4.98 Å². The number of nitriles is 1. The van der Waals surface area contributed by atoms with Crippen molar-refractivity contribution in [3.05, 3.63) is 45.7 Å². The van der Waals surface area contributed by atoms with E-state index in [9.17, 15) is 4.39 Å². The molecule has 0 aliphatic rings. The van der Waals surface area contributed by atoms with Crippen LogP contribution in [0.1, 0.15) is 5.56 Å². The van der Waals surface area contributed by atoms with Crippen LogP contribution in [-0.2, 0) is 0 Å². The summed E-state index contributed by atoms with van der Waals surface area (Å²) in [5.74, 6) is 5.04. The molecule has 1 heterocycles. The molecular weight excluding hydrogens is 304 g/mol. The molecular formula is C12H8Cl2FN5. The number of nitrogen functional groups attached to an aromatic ring is 1. The summed E-state index contributed by atoms with van der Waals surface area (Å²) in [5.41, 5.74) is 2.65. The largest absolute Gasteiger partial charge is 0.337 e. The van der Waals surface area contributed by atoms with Gasteiger partial charge in [0.15, 0.2) is 11.6 Å². The molecule has 1 aromatic heterocycles. The lowest BCUT2D eigenvalue weighted by molar-refractivity contribution is 0.631. The molecule has 5 nitrogen and oxygen atoms in total. The van der Waals surface area contributed by atoms with E-state index < -0.39 is 5.82 Å². The van der Waals surface area contributed by atoms with Crippen molar-refractivity contribution in [2.45, 2.75) is 0 Å². The van der Waals surface area contributed by atoms with Crippen LogP contribution in [-0.4, -0.2) is 4.98 Å². The number of hydrogen-bond acceptors (Lipinski definition) is 5. The number of hydrazine groups is 1. The molecule has 0 amide bonds. The van der Waals surface area contributed by atoms with E-state index in [0.717, 1.165) is 6.07 Å². The monoisotopic (exact) mass is 311 g/mol. The van der Waals surface area contributed by atoms with Gasteiger partial charge in [-0.1, -0.05) is 23.2 Å². The predicted octanol–water partition coefficient (Wildman–Crippen LogP) is 3.43. The van der Waals surface area contributed by atoms with E-state index in [1.54, 1.807) is 0 Å². The lowest BCUT2D eigenvalue weighted by Gasteiger charge is -2.11. The van der Waals surface area contributed by atoms with Gasteiger partial charge in [-0.2, -0.15) is 5.26 Å². The van der Waals surface area contributed by atoms with Gasteiger partial charge >= 0.3 is 0 Å². The quantitative estimate of drug-likeness (QED) is 0.597. The first kappa shape index (κ1) is 14.3. The van der Waals surface area contributed by atoms with E-state index in [-0.39, 0.29) is 32.9 Å². The van der Waals surface area contributed by atoms with Crippen molar-refractivity contribution < 1.29 is 4.39 Å². The van der Waals surface area contributed by atoms with E-state index >= 15 is 0 Å². The highest BCUT2D eigenvalue weighted by molar-refractivity contribution is 6.37. The van der Waals surface area contributed by atoms with Gasteiger partial charge in [0.2, 0.25) is 0 Å². The molecule has 0 aliphatic carbocycles. The van der Waals surface area contributed by atoms with E-state index in [4.69, 9.17) is 34.3 Å². The third-order valence-corrected chi connectivity index (χ3v) is 2.99. The zero-order chi connectivity index (χ0) is 14.7. The highest BCUT2D eigenvalue weighted by atomic mass is 35.5. The first-order valence-electron chi connectivity index (χ1n) is 5.34. The van der Waals surface area contributed by atoms with Crippen molar-refractivity contribution in [2.24, 2.45) is 5.84 Å². The van der Waals surface area contributed by atoms with Crippen LogP contribution in [0.2, 0.25) is 10.0 Å². The Bertz CT molecular complexity index is 699. The Morgan fingerprint density at radius 1 is 1.20 bits per heavy atom. The average Bonchev–Trinajstić information content (AvgIpc) is 2.43. The van der Waals surface area contributed by atoms with Crippen LogP contribution in [0.25, 0.3) is 0 Å². The summed E-state index contributed by atoms with van der Waals surface area (Å²) >= 11 is 11.8. The van der Waals surface area contributed by atoms with Crippen molar-refractivity contribution >= 4 is 40.5 Å². The number of rotatable bonds is 3. The van der Waals surface area contributed by atoms with E-state index in [1.165, 1.54) is 18.2 Å². The fraction of sp³-hybridized carbons (Fsp3) is 0. The molecule has 20 heavy (non-hydrogen) atoms. The molecule has 2 aromatic rings. The molecule has 4 N–H and O–H groups in total. The Kier molecular flexibility index (Phi) is 4.25. The fourth-order valence-corrected chi connectivity index (χ4v) is 1.93. The summed E-state index contributed by atoms with van der Waals surface area (Å²) in [6.07, 6.45) is 0. The van der Waals surface area contributed by atoms with Gasteiger partial charge in [0.1, 0.15) is 5.82 Å². The smallest absolute Gasteiger partial charge is 0.161 e. The van der Waals surface area contributed by atoms with Crippen molar-refractivity contribution in [3.8, 4) is 6.07 Å². The second kappa shape index (κ2) is 5.92. The number of nitrogens with two attached hydrogens (primary N) is 1. The standard InChI is InChI=1S/C12H8Cl2FN5/c13-7-4-8(14)12(20-17)19-11(7)18-10-2-1-6(5-16)3-9(10)15/h1-4H,17H2,(H2,18,19,20). The van der Waals surface area contributed by atoms with E-state index in [0.29, 0.717) is 0 Å². The molecule has 8 heteroatoms. The summed E-state index contributed by atoms with van der Waals surface area (Å²) in [4.78, 5) is 4.03. The lowest BCUT2D eigenvalue weighted by atomic mass is 10.2. The van der Waals surface area contributed by atoms with Gasteiger partial charge in [0.25, 0.3) is 0 Å². The molecule has 0 saturated carbocycles. The van der Waals surface area contributed by atoms with Gasteiger partial charge in [-0.15, -0.1) is 0 Å². The molecule has 0 atom stereocenters. The Balaban J connectivity index is 2.37. The summed E-state index contributed by atoms with van der Waals surface area (Å²) in [6, 6.07) is 7.26. The van der Waals surface area contributed by atoms with Crippen LogP contribution in [0.15, 0.2) is 24.3 Å². The number of nitrogens with one attached hydrogen (secondary N) is 2. The second-order valence-corrected chi connectivity index (χ2v) is 4.54. The highest BCUT2D eigenvalue weighted by Gasteiger charge is 2.11. The second-order valence-electron chi connectivity index (χ2n) is 3.72. The van der Waals surface area contributed by atoms with Crippen LogP contribution in [0, 0.1) is 17.1 Å². The predicted molar refractivity (Wildman–Crippen MR) is 76.5 cm³/mol. The van der Waals surface area contributed by atoms with Gasteiger partial charge < -0.3 is 10.7 Å². The third kappa shape index (κ3) is 2.91. The number of halogens is 3. The maximum absolute atomic E-state index is 13.8. The van der Waals surface area contributed by atoms with Crippen LogP contribution in [0.5, 0.6) is 0 Å². The minimum atomic E-state index is -0.598. The number of aromatic nitrogens is 1. The van der Waals surface area contributed by atoms with Crippen molar-refractivity contribution in [1.29, 1.82) is 5.26 Å². The number of benzene rings is 1. The Morgan fingerprint density at radius 3 is 2.50 bits per heavy atom. The number of anilines is 3. The minimum absolute atomic E-state index is 0.128. The summed E-state index contributed by atoms with van der Waals surface area (Å²) in [7, 11) is 0. The Morgan fingerprint density at radius 2 is 1.90 bits per heavy atom. The maximum Gasteiger partial charge on any atom is 0.161 e. The lowest BCUT2D eigenvalue weighted by Crippen LogP contribution is -2.10. The topological polar surface area (TPSA) is 86.8 Å². The molecule has 2 rings (SSSR count). The number of pyridine rings is 1. The molecule has 0 unspecified atom stereocenters. The average molecular weight is 312 g/mol. The summed E-state index contributed by atoms with van der Waals surface area (Å²) < 4.78 is 13.8. The van der Waals surface area contributed by atoms with Crippen LogP contribution >= 0.6 is 23.2 Å². The number of nitrogens with zero attached hydrogens (tertiary/aromatic N) is 2. The molecule has 0 spiro atoms. The van der Waals surface area contributed by atoms with Crippen molar-refractivity contribution in [3.63, 3.8) is 0 Å². The van der Waals surface area contributed by atoms with Gasteiger partial charge in [-0.05, 0) is 24.3 Å². The molecule has 0 bridgehead atoms. The fourth-order valence-electron chi connectivity index (χ4n) is 1.47. The Hall–Kier alpha value is -2.07.